The van der Waals surface area contributed by atoms with Gasteiger partial charge in [0.1, 0.15) is 5.75 Å². The van der Waals surface area contributed by atoms with Crippen molar-refractivity contribution in [1.29, 1.82) is 0 Å². The fourth-order valence-corrected chi connectivity index (χ4v) is 7.02. The van der Waals surface area contributed by atoms with Gasteiger partial charge in [-0.05, 0) is 60.0 Å². The zero-order chi connectivity index (χ0) is 35.1. The SMILES string of the molecule is COc1ccc(C(C)(C)C)cc1CN[C@H]1C2CCN(CC2)[C@H]1C(c1ccccc1)c1ccccc1.O=C(O)CC(O)(CC(=O)O)C(=O)O. The first-order valence-electron chi connectivity index (χ1n) is 16.4. The van der Waals surface area contributed by atoms with E-state index in [1.165, 1.54) is 48.2 Å². The molecule has 3 fully saturated rings. The van der Waals surface area contributed by atoms with Crippen LogP contribution in [0.2, 0.25) is 0 Å². The Morgan fingerprint density at radius 2 is 1.38 bits per heavy atom. The van der Waals surface area contributed by atoms with Gasteiger partial charge in [-0.1, -0.05) is 93.6 Å². The van der Waals surface area contributed by atoms with Crippen molar-refractivity contribution in [1.82, 2.24) is 10.2 Å². The summed E-state index contributed by atoms with van der Waals surface area (Å²) in [7, 11) is 1.79. The fourth-order valence-electron chi connectivity index (χ4n) is 7.02. The number of carboxylic acids is 3. The van der Waals surface area contributed by atoms with E-state index in [0.29, 0.717) is 23.9 Å². The van der Waals surface area contributed by atoms with Gasteiger partial charge in [-0.2, -0.15) is 0 Å². The van der Waals surface area contributed by atoms with Crippen LogP contribution in [0, 0.1) is 5.92 Å². The Balaban J connectivity index is 0.000000341. The molecule has 6 rings (SSSR count). The van der Waals surface area contributed by atoms with E-state index in [9.17, 15) is 14.4 Å². The molecule has 0 amide bonds. The van der Waals surface area contributed by atoms with Crippen LogP contribution in [0.25, 0.3) is 0 Å². The number of nitrogens with zero attached hydrogens (tertiary/aromatic N) is 1. The molecule has 10 heteroatoms. The summed E-state index contributed by atoms with van der Waals surface area (Å²) >= 11 is 0. The average Bonchev–Trinajstić information content (AvgIpc) is 3.04. The average molecular weight is 661 g/mol. The summed E-state index contributed by atoms with van der Waals surface area (Å²) in [5.74, 6) is -2.99. The maximum Gasteiger partial charge on any atom is 0.336 e. The van der Waals surface area contributed by atoms with Crippen LogP contribution in [-0.4, -0.2) is 81.1 Å². The number of fused-ring (bicyclic) bond motifs is 3. The molecule has 0 unspecified atom stereocenters. The molecule has 0 saturated carbocycles. The molecule has 3 saturated heterocycles. The first kappa shape index (κ1) is 36.6. The highest BCUT2D eigenvalue weighted by Crippen LogP contribution is 2.42. The van der Waals surface area contributed by atoms with E-state index < -0.39 is 36.4 Å². The van der Waals surface area contributed by atoms with Gasteiger partial charge in [-0.25, -0.2) is 4.79 Å². The molecule has 3 aliphatic heterocycles. The molecule has 5 N–H and O–H groups in total. The Morgan fingerprint density at radius 3 is 1.81 bits per heavy atom. The molecule has 3 aromatic carbocycles. The van der Waals surface area contributed by atoms with E-state index in [4.69, 9.17) is 25.2 Å². The molecule has 0 radical (unpaired) electrons. The second-order valence-electron chi connectivity index (χ2n) is 13.8. The third-order valence-corrected chi connectivity index (χ3v) is 9.49. The van der Waals surface area contributed by atoms with Crippen LogP contribution in [0.15, 0.2) is 78.9 Å². The van der Waals surface area contributed by atoms with Gasteiger partial charge in [-0.3, -0.25) is 14.5 Å². The summed E-state index contributed by atoms with van der Waals surface area (Å²) in [6, 6.07) is 29.8. The number of carbonyl (C=O) groups is 3. The second kappa shape index (κ2) is 15.8. The van der Waals surface area contributed by atoms with E-state index in [1.807, 2.05) is 0 Å². The largest absolute Gasteiger partial charge is 0.496 e. The van der Waals surface area contributed by atoms with Crippen molar-refractivity contribution in [2.75, 3.05) is 20.2 Å². The summed E-state index contributed by atoms with van der Waals surface area (Å²) in [5.41, 5.74) is 2.81. The smallest absolute Gasteiger partial charge is 0.336 e. The molecule has 0 aliphatic carbocycles. The second-order valence-corrected chi connectivity index (χ2v) is 13.8. The minimum atomic E-state index is -2.74. The topological polar surface area (TPSA) is 157 Å². The molecule has 2 bridgehead atoms. The summed E-state index contributed by atoms with van der Waals surface area (Å²) in [6.07, 6.45) is 0.274. The number of hydrogen-bond donors (Lipinski definition) is 5. The van der Waals surface area contributed by atoms with Gasteiger partial charge in [0, 0.05) is 30.1 Å². The van der Waals surface area contributed by atoms with Crippen LogP contribution in [0.3, 0.4) is 0 Å². The molecule has 10 nitrogen and oxygen atoms in total. The maximum atomic E-state index is 10.3. The predicted molar refractivity (Wildman–Crippen MR) is 182 cm³/mol. The lowest BCUT2D eigenvalue weighted by Crippen LogP contribution is -2.64. The van der Waals surface area contributed by atoms with Crippen molar-refractivity contribution in [3.8, 4) is 5.75 Å². The van der Waals surface area contributed by atoms with Crippen molar-refractivity contribution < 1.29 is 39.5 Å². The molecule has 3 heterocycles. The van der Waals surface area contributed by atoms with Gasteiger partial charge >= 0.3 is 17.9 Å². The first-order valence-corrected chi connectivity index (χ1v) is 16.4. The zero-order valence-electron chi connectivity index (χ0n) is 28.1. The van der Waals surface area contributed by atoms with Crippen molar-refractivity contribution in [2.45, 2.75) is 82.0 Å². The molecule has 258 valence electrons. The highest BCUT2D eigenvalue weighted by Gasteiger charge is 2.46. The highest BCUT2D eigenvalue weighted by atomic mass is 16.5. The van der Waals surface area contributed by atoms with E-state index >= 15 is 0 Å². The minimum absolute atomic E-state index is 0.116. The minimum Gasteiger partial charge on any atom is -0.496 e. The Morgan fingerprint density at radius 1 is 0.854 bits per heavy atom. The van der Waals surface area contributed by atoms with Gasteiger partial charge in [0.15, 0.2) is 5.60 Å². The number of hydrogen-bond acceptors (Lipinski definition) is 7. The summed E-state index contributed by atoms with van der Waals surface area (Å²) in [5, 5.41) is 37.9. The van der Waals surface area contributed by atoms with Crippen LogP contribution in [0.1, 0.15) is 74.6 Å². The monoisotopic (exact) mass is 660 g/mol. The highest BCUT2D eigenvalue weighted by molar-refractivity contribution is 5.88. The van der Waals surface area contributed by atoms with Crippen molar-refractivity contribution in [3.05, 3.63) is 101 Å². The van der Waals surface area contributed by atoms with Gasteiger partial charge in [-0.15, -0.1) is 0 Å². The lowest BCUT2D eigenvalue weighted by atomic mass is 9.70. The Kier molecular flexibility index (Phi) is 12.0. The van der Waals surface area contributed by atoms with Gasteiger partial charge < -0.3 is 30.5 Å². The van der Waals surface area contributed by atoms with Crippen LogP contribution in [-0.2, 0) is 26.3 Å². The molecule has 3 aromatic rings. The van der Waals surface area contributed by atoms with Gasteiger partial charge in [0.25, 0.3) is 0 Å². The number of rotatable bonds is 12. The van der Waals surface area contributed by atoms with Crippen LogP contribution in [0.4, 0.5) is 0 Å². The molecule has 2 atom stereocenters. The molecule has 48 heavy (non-hydrogen) atoms. The summed E-state index contributed by atoms with van der Waals surface area (Å²) < 4.78 is 5.78. The van der Waals surface area contributed by atoms with Crippen LogP contribution in [0.5, 0.6) is 5.75 Å². The number of carboxylic acid groups (broad SMARTS) is 3. The zero-order valence-corrected chi connectivity index (χ0v) is 28.1. The van der Waals surface area contributed by atoms with Crippen molar-refractivity contribution in [2.24, 2.45) is 5.92 Å². The standard InChI is InChI=1S/C32H40N2O.C6H8O7/c1-32(2,3)27-15-16-28(35-4)26(21-27)22-33-30-25-17-19-34(20-18-25)31(30)29(23-11-7-5-8-12-23)24-13-9-6-10-14-24;7-3(8)1-6(13,5(11)12)2-4(9)10/h5-16,21,25,29-31,33H,17-20,22H2,1-4H3;13H,1-2H2,(H,7,8)(H,9,10)(H,11,12)/t30-,31-;/m0./s1. The van der Waals surface area contributed by atoms with Crippen LogP contribution >= 0.6 is 0 Å². The number of benzene rings is 3. The first-order chi connectivity index (χ1) is 22.7. The summed E-state index contributed by atoms with van der Waals surface area (Å²) in [4.78, 5) is 33.2. The Labute approximate surface area is 282 Å². The summed E-state index contributed by atoms with van der Waals surface area (Å²) in [6.45, 7) is 10.1. The quantitative estimate of drug-likeness (QED) is 0.177. The van der Waals surface area contributed by atoms with Gasteiger partial charge in [0.2, 0.25) is 0 Å². The Hall–Kier alpha value is -4.25. The third kappa shape index (κ3) is 9.00. The molecule has 3 aliphatic rings. The third-order valence-electron chi connectivity index (χ3n) is 9.49. The van der Waals surface area contributed by atoms with Crippen LogP contribution < -0.4 is 10.1 Å². The Bertz CT molecular complexity index is 1480. The number of aliphatic hydroxyl groups is 1. The van der Waals surface area contributed by atoms with E-state index in [-0.39, 0.29) is 5.41 Å². The number of ether oxygens (including phenoxy) is 1. The molecular weight excluding hydrogens is 612 g/mol. The number of piperidine rings is 3. The predicted octanol–water partition coefficient (Wildman–Crippen LogP) is 5.13. The number of aliphatic carboxylic acids is 3. The number of methoxy groups -OCH3 is 1. The van der Waals surface area contributed by atoms with Gasteiger partial charge in [0.05, 0.1) is 20.0 Å². The van der Waals surface area contributed by atoms with Crippen molar-refractivity contribution in [3.63, 3.8) is 0 Å². The number of nitrogens with one attached hydrogen (secondary N) is 1. The van der Waals surface area contributed by atoms with Crippen molar-refractivity contribution >= 4 is 17.9 Å². The van der Waals surface area contributed by atoms with E-state index in [1.54, 1.807) is 7.11 Å². The normalized spacial score (nSPS) is 20.5. The fraction of sp³-hybridized carbons (Fsp3) is 0.447. The van der Waals surface area contributed by atoms with E-state index in [2.05, 4.69) is 110 Å². The maximum absolute atomic E-state index is 10.3. The van der Waals surface area contributed by atoms with E-state index in [0.717, 1.165) is 12.3 Å². The lowest BCUT2D eigenvalue weighted by Gasteiger charge is -2.54. The molecule has 0 spiro atoms. The molecule has 0 aromatic heterocycles. The molecular formula is C38H48N2O8. The lowest BCUT2D eigenvalue weighted by molar-refractivity contribution is -0.170.